The van der Waals surface area contributed by atoms with E-state index in [-0.39, 0.29) is 24.3 Å². The first kappa shape index (κ1) is 27.3. The Bertz CT molecular complexity index is 1180. The average molecular weight is 534 g/mol. The van der Waals surface area contributed by atoms with Crippen molar-refractivity contribution < 1.29 is 24.2 Å². The van der Waals surface area contributed by atoms with Gasteiger partial charge in [-0.15, -0.1) is 0 Å². The third-order valence-corrected chi connectivity index (χ3v) is 8.87. The Morgan fingerprint density at radius 1 is 0.974 bits per heavy atom. The molecule has 0 aromatic heterocycles. The summed E-state index contributed by atoms with van der Waals surface area (Å²) in [6.07, 6.45) is 4.92. The summed E-state index contributed by atoms with van der Waals surface area (Å²) in [5.74, 6) is -2.01. The lowest BCUT2D eigenvalue weighted by atomic mass is 9.65. The van der Waals surface area contributed by atoms with Crippen molar-refractivity contribution in [3.8, 4) is 0 Å². The summed E-state index contributed by atoms with van der Waals surface area (Å²) < 4.78 is 6.81. The Balaban J connectivity index is 1.43. The smallest absolute Gasteiger partial charge is 0.246 e. The molecule has 3 heterocycles. The van der Waals surface area contributed by atoms with Gasteiger partial charge < -0.3 is 25.4 Å². The van der Waals surface area contributed by atoms with E-state index >= 15 is 0 Å². The SMILES string of the molecule is CC[C@@]12CCC3(O1)C(C(=O)NCc1ccccc1)N(CCCCCCO)C(=O)[C@@H]3[C@@H]2C(=O)Nc1ccccc1. The molecular weight excluding hydrogens is 494 g/mol. The van der Waals surface area contributed by atoms with E-state index in [0.717, 1.165) is 24.8 Å². The number of anilines is 1. The lowest BCUT2D eigenvalue weighted by Crippen LogP contribution is -2.55. The number of unbranched alkanes of at least 4 members (excludes halogenated alkanes) is 3. The molecule has 0 saturated carbocycles. The standard InChI is InChI=1S/C31H39N3O5/c1-2-30-17-18-31(39-30)25(24(30)27(36)33-23-15-9-6-10-16-23)29(38)34(19-11-3-4-12-20-35)26(31)28(37)32-21-22-13-7-5-8-14-22/h5-10,13-16,24-26,35H,2-4,11-12,17-21H2,1H3,(H,32,37)(H,33,36)/t24-,25+,26?,30+,31?/m1/s1. The van der Waals surface area contributed by atoms with Gasteiger partial charge in [0.1, 0.15) is 11.6 Å². The van der Waals surface area contributed by atoms with E-state index < -0.39 is 29.1 Å². The molecule has 5 atom stereocenters. The van der Waals surface area contributed by atoms with Crippen LogP contribution >= 0.6 is 0 Å². The van der Waals surface area contributed by atoms with Crippen LogP contribution in [-0.4, -0.2) is 58.1 Å². The Morgan fingerprint density at radius 3 is 2.36 bits per heavy atom. The molecule has 2 aromatic rings. The maximum absolute atomic E-state index is 14.2. The minimum Gasteiger partial charge on any atom is -0.396 e. The van der Waals surface area contributed by atoms with Crippen LogP contribution in [0.3, 0.4) is 0 Å². The molecular formula is C31H39N3O5. The van der Waals surface area contributed by atoms with Crippen LogP contribution in [0.4, 0.5) is 5.69 Å². The molecule has 1 spiro atoms. The summed E-state index contributed by atoms with van der Waals surface area (Å²) in [5.41, 5.74) is -0.155. The highest BCUT2D eigenvalue weighted by Crippen LogP contribution is 2.64. The molecule has 0 radical (unpaired) electrons. The number of rotatable bonds is 12. The first-order valence-electron chi connectivity index (χ1n) is 14.2. The number of aliphatic hydroxyl groups is 1. The molecule has 3 N–H and O–H groups in total. The van der Waals surface area contributed by atoms with Gasteiger partial charge in [-0.3, -0.25) is 14.4 Å². The topological polar surface area (TPSA) is 108 Å². The number of likely N-dealkylation sites (tertiary alicyclic amines) is 1. The molecule has 2 aromatic carbocycles. The van der Waals surface area contributed by atoms with Crippen molar-refractivity contribution in [3.05, 3.63) is 66.2 Å². The molecule has 3 fully saturated rings. The largest absolute Gasteiger partial charge is 0.396 e. The van der Waals surface area contributed by atoms with Gasteiger partial charge in [0, 0.05) is 25.4 Å². The molecule has 208 valence electrons. The van der Waals surface area contributed by atoms with E-state index in [0.29, 0.717) is 44.5 Å². The molecule has 3 saturated heterocycles. The molecule has 0 aliphatic carbocycles. The van der Waals surface area contributed by atoms with Crippen LogP contribution < -0.4 is 10.6 Å². The summed E-state index contributed by atoms with van der Waals surface area (Å²) in [6, 6.07) is 18.2. The zero-order valence-corrected chi connectivity index (χ0v) is 22.6. The highest BCUT2D eigenvalue weighted by Gasteiger charge is 2.78. The molecule has 2 unspecified atom stereocenters. The zero-order valence-electron chi connectivity index (χ0n) is 22.6. The van der Waals surface area contributed by atoms with E-state index in [1.165, 1.54) is 0 Å². The minimum absolute atomic E-state index is 0.142. The monoisotopic (exact) mass is 533 g/mol. The van der Waals surface area contributed by atoms with Crippen LogP contribution in [0.5, 0.6) is 0 Å². The van der Waals surface area contributed by atoms with Crippen molar-refractivity contribution in [1.29, 1.82) is 0 Å². The van der Waals surface area contributed by atoms with Crippen LogP contribution in [0.25, 0.3) is 0 Å². The highest BCUT2D eigenvalue weighted by atomic mass is 16.5. The predicted octanol–water partition coefficient (Wildman–Crippen LogP) is 3.65. The molecule has 8 heteroatoms. The van der Waals surface area contributed by atoms with Crippen LogP contribution in [0, 0.1) is 11.8 Å². The zero-order chi connectivity index (χ0) is 27.5. The number of ether oxygens (including phenoxy) is 1. The fourth-order valence-corrected chi connectivity index (χ4v) is 7.03. The van der Waals surface area contributed by atoms with Gasteiger partial charge in [0.15, 0.2) is 0 Å². The van der Waals surface area contributed by atoms with Gasteiger partial charge in [-0.1, -0.05) is 68.3 Å². The predicted molar refractivity (Wildman–Crippen MR) is 147 cm³/mol. The summed E-state index contributed by atoms with van der Waals surface area (Å²) in [4.78, 5) is 43.5. The maximum atomic E-state index is 14.2. The fourth-order valence-electron chi connectivity index (χ4n) is 7.03. The number of hydrogen-bond donors (Lipinski definition) is 3. The number of para-hydroxylation sites is 1. The quantitative estimate of drug-likeness (QED) is 0.361. The summed E-state index contributed by atoms with van der Waals surface area (Å²) in [6.45, 7) is 2.91. The molecule has 5 rings (SSSR count). The Kier molecular flexibility index (Phi) is 8.05. The number of fused-ring (bicyclic) bond motifs is 1. The number of carbonyl (C=O) groups excluding carboxylic acids is 3. The third-order valence-electron chi connectivity index (χ3n) is 8.87. The maximum Gasteiger partial charge on any atom is 0.246 e. The first-order chi connectivity index (χ1) is 19.0. The van der Waals surface area contributed by atoms with Gasteiger partial charge in [-0.05, 0) is 49.8 Å². The molecule has 3 aliphatic heterocycles. The third kappa shape index (κ3) is 4.96. The second-order valence-electron chi connectivity index (χ2n) is 11.1. The lowest BCUT2D eigenvalue weighted by Gasteiger charge is -2.34. The summed E-state index contributed by atoms with van der Waals surface area (Å²) in [5, 5.41) is 15.2. The van der Waals surface area contributed by atoms with Gasteiger partial charge >= 0.3 is 0 Å². The van der Waals surface area contributed by atoms with E-state index in [4.69, 9.17) is 9.84 Å². The van der Waals surface area contributed by atoms with Crippen LogP contribution in [0.15, 0.2) is 60.7 Å². The molecule has 3 amide bonds. The lowest BCUT2D eigenvalue weighted by molar-refractivity contribution is -0.146. The molecule has 39 heavy (non-hydrogen) atoms. The van der Waals surface area contributed by atoms with Crippen molar-refractivity contribution in [2.24, 2.45) is 11.8 Å². The van der Waals surface area contributed by atoms with Crippen molar-refractivity contribution in [1.82, 2.24) is 10.2 Å². The van der Waals surface area contributed by atoms with Crippen molar-refractivity contribution in [3.63, 3.8) is 0 Å². The second kappa shape index (κ2) is 11.5. The first-order valence-corrected chi connectivity index (χ1v) is 14.2. The number of amides is 3. The average Bonchev–Trinajstić information content (AvgIpc) is 3.56. The number of aliphatic hydroxyl groups excluding tert-OH is 1. The van der Waals surface area contributed by atoms with Gasteiger partial charge in [-0.25, -0.2) is 0 Å². The number of nitrogens with one attached hydrogen (secondary N) is 2. The van der Waals surface area contributed by atoms with Crippen LogP contribution in [0.2, 0.25) is 0 Å². The normalized spacial score (nSPS) is 28.9. The van der Waals surface area contributed by atoms with E-state index in [1.54, 1.807) is 4.90 Å². The highest BCUT2D eigenvalue weighted by molar-refractivity contribution is 6.02. The van der Waals surface area contributed by atoms with E-state index in [1.807, 2.05) is 67.6 Å². The van der Waals surface area contributed by atoms with Gasteiger partial charge in [0.25, 0.3) is 0 Å². The van der Waals surface area contributed by atoms with Crippen molar-refractivity contribution in [2.75, 3.05) is 18.5 Å². The molecule has 8 nitrogen and oxygen atoms in total. The molecule has 3 aliphatic rings. The van der Waals surface area contributed by atoms with Gasteiger partial charge in [0.05, 0.1) is 17.4 Å². The van der Waals surface area contributed by atoms with E-state index in [9.17, 15) is 14.4 Å². The molecule has 2 bridgehead atoms. The van der Waals surface area contributed by atoms with Crippen molar-refractivity contribution >= 4 is 23.4 Å². The van der Waals surface area contributed by atoms with Crippen LogP contribution in [0.1, 0.15) is 57.4 Å². The Hall–Kier alpha value is -3.23. The number of benzene rings is 2. The number of nitrogens with zero attached hydrogens (tertiary/aromatic N) is 1. The van der Waals surface area contributed by atoms with E-state index in [2.05, 4.69) is 10.6 Å². The number of carbonyl (C=O) groups is 3. The number of hydrogen-bond acceptors (Lipinski definition) is 5. The Morgan fingerprint density at radius 2 is 1.67 bits per heavy atom. The van der Waals surface area contributed by atoms with Crippen LogP contribution in [-0.2, 0) is 25.7 Å². The van der Waals surface area contributed by atoms with Gasteiger partial charge in [-0.2, -0.15) is 0 Å². The van der Waals surface area contributed by atoms with Crippen molar-refractivity contribution in [2.45, 2.75) is 75.7 Å². The summed E-state index contributed by atoms with van der Waals surface area (Å²) in [7, 11) is 0. The summed E-state index contributed by atoms with van der Waals surface area (Å²) >= 11 is 0. The fraction of sp³-hybridized carbons (Fsp3) is 0.516. The Labute approximate surface area is 230 Å². The van der Waals surface area contributed by atoms with Gasteiger partial charge in [0.2, 0.25) is 17.7 Å². The minimum atomic E-state index is -1.03. The second-order valence-corrected chi connectivity index (χ2v) is 11.1.